The molecule has 2 heterocycles. The number of fused-ring (bicyclic) bond motifs is 1. The van der Waals surface area contributed by atoms with Gasteiger partial charge < -0.3 is 5.73 Å². The molecule has 4 heteroatoms. The van der Waals surface area contributed by atoms with Gasteiger partial charge in [0.25, 0.3) is 0 Å². The number of hydrogen-bond acceptors (Lipinski definition) is 3. The third-order valence-electron chi connectivity index (χ3n) is 3.10. The fraction of sp³-hybridized carbons (Fsp3) is 0.143. The number of pyridine rings is 1. The monoisotopic (exact) mass is 238 g/mol. The van der Waals surface area contributed by atoms with E-state index < -0.39 is 0 Å². The number of rotatable bonds is 2. The van der Waals surface area contributed by atoms with Crippen LogP contribution in [0.2, 0.25) is 0 Å². The molecule has 2 aromatic heterocycles. The number of hydrogen-bond donors (Lipinski definition) is 1. The van der Waals surface area contributed by atoms with E-state index in [0.717, 1.165) is 22.0 Å². The second-order valence-corrected chi connectivity index (χ2v) is 4.34. The number of nitrogens with zero attached hydrogens (tertiary/aromatic N) is 3. The lowest BCUT2D eigenvalue weighted by Gasteiger charge is -2.12. The van der Waals surface area contributed by atoms with Crippen molar-refractivity contribution in [1.29, 1.82) is 0 Å². The number of aromatic nitrogens is 3. The molecule has 2 N–H and O–H groups in total. The highest BCUT2D eigenvalue weighted by Gasteiger charge is 2.14. The highest BCUT2D eigenvalue weighted by molar-refractivity contribution is 5.85. The Morgan fingerprint density at radius 1 is 1.22 bits per heavy atom. The maximum absolute atomic E-state index is 6.30. The van der Waals surface area contributed by atoms with Gasteiger partial charge in [0.15, 0.2) is 0 Å². The summed E-state index contributed by atoms with van der Waals surface area (Å²) in [6, 6.07) is 9.82. The average Bonchev–Trinajstić information content (AvgIpc) is 2.84. The molecule has 3 aromatic rings. The molecule has 0 bridgehead atoms. The number of benzene rings is 1. The van der Waals surface area contributed by atoms with Gasteiger partial charge in [-0.3, -0.25) is 9.67 Å². The maximum atomic E-state index is 6.30. The average molecular weight is 238 g/mol. The summed E-state index contributed by atoms with van der Waals surface area (Å²) in [5, 5.41) is 6.60. The van der Waals surface area contributed by atoms with Crippen LogP contribution in [-0.2, 0) is 7.05 Å². The van der Waals surface area contributed by atoms with Crippen molar-refractivity contribution in [2.45, 2.75) is 6.04 Å². The highest BCUT2D eigenvalue weighted by Crippen LogP contribution is 2.25. The lowest BCUT2D eigenvalue weighted by molar-refractivity contribution is 0.717. The zero-order valence-corrected chi connectivity index (χ0v) is 10.1. The van der Waals surface area contributed by atoms with Crippen molar-refractivity contribution in [3.05, 3.63) is 60.2 Å². The van der Waals surface area contributed by atoms with Gasteiger partial charge in [0.05, 0.1) is 11.7 Å². The minimum Gasteiger partial charge on any atom is -0.319 e. The molecule has 18 heavy (non-hydrogen) atoms. The molecular formula is C14H14N4. The molecule has 3 rings (SSSR count). The Kier molecular flexibility index (Phi) is 2.57. The van der Waals surface area contributed by atoms with E-state index in [9.17, 15) is 0 Å². The fourth-order valence-electron chi connectivity index (χ4n) is 2.18. The first-order chi connectivity index (χ1) is 8.75. The Labute approximate surface area is 105 Å². The van der Waals surface area contributed by atoms with E-state index in [0.29, 0.717) is 0 Å². The first-order valence-corrected chi connectivity index (χ1v) is 5.83. The fourth-order valence-corrected chi connectivity index (χ4v) is 2.18. The molecule has 0 aliphatic carbocycles. The van der Waals surface area contributed by atoms with Crippen LogP contribution in [0.15, 0.2) is 48.9 Å². The molecule has 1 aromatic carbocycles. The van der Waals surface area contributed by atoms with Crippen LogP contribution in [0.5, 0.6) is 0 Å². The Bertz CT molecular complexity index is 682. The van der Waals surface area contributed by atoms with E-state index in [-0.39, 0.29) is 6.04 Å². The van der Waals surface area contributed by atoms with Gasteiger partial charge in [-0.25, -0.2) is 0 Å². The Balaban J connectivity index is 2.14. The minimum atomic E-state index is -0.211. The second-order valence-electron chi connectivity index (χ2n) is 4.34. The van der Waals surface area contributed by atoms with E-state index >= 15 is 0 Å². The van der Waals surface area contributed by atoms with Gasteiger partial charge >= 0.3 is 0 Å². The summed E-state index contributed by atoms with van der Waals surface area (Å²) in [5.41, 5.74) is 8.25. The first-order valence-electron chi connectivity index (χ1n) is 5.83. The molecule has 0 saturated heterocycles. The van der Waals surface area contributed by atoms with Gasteiger partial charge in [-0.05, 0) is 23.1 Å². The topological polar surface area (TPSA) is 56.7 Å². The Hall–Kier alpha value is -2.20. The van der Waals surface area contributed by atoms with Crippen molar-refractivity contribution in [3.8, 4) is 0 Å². The third-order valence-corrected chi connectivity index (χ3v) is 3.10. The van der Waals surface area contributed by atoms with Crippen molar-refractivity contribution >= 4 is 10.8 Å². The summed E-state index contributed by atoms with van der Waals surface area (Å²) in [7, 11) is 1.89. The van der Waals surface area contributed by atoms with E-state index in [1.54, 1.807) is 10.9 Å². The van der Waals surface area contributed by atoms with E-state index in [2.05, 4.69) is 10.1 Å². The first kappa shape index (κ1) is 10.9. The Morgan fingerprint density at radius 3 is 2.89 bits per heavy atom. The molecule has 0 fully saturated rings. The van der Waals surface area contributed by atoms with Crippen molar-refractivity contribution in [3.63, 3.8) is 0 Å². The third kappa shape index (κ3) is 1.76. The lowest BCUT2D eigenvalue weighted by atomic mass is 9.99. The van der Waals surface area contributed by atoms with Crippen molar-refractivity contribution in [2.75, 3.05) is 0 Å². The summed E-state index contributed by atoms with van der Waals surface area (Å²) >= 11 is 0. The van der Waals surface area contributed by atoms with Crippen LogP contribution in [0, 0.1) is 0 Å². The van der Waals surface area contributed by atoms with Gasteiger partial charge in [0.1, 0.15) is 0 Å². The summed E-state index contributed by atoms with van der Waals surface area (Å²) in [5.74, 6) is 0. The predicted octanol–water partition coefficient (Wildman–Crippen LogP) is 2.02. The minimum absolute atomic E-state index is 0.211. The molecule has 4 nitrogen and oxygen atoms in total. The lowest BCUT2D eigenvalue weighted by Crippen LogP contribution is -2.13. The maximum Gasteiger partial charge on any atom is 0.0837 e. The van der Waals surface area contributed by atoms with Crippen LogP contribution in [0.25, 0.3) is 10.8 Å². The van der Waals surface area contributed by atoms with Crippen molar-refractivity contribution in [2.24, 2.45) is 12.8 Å². The SMILES string of the molecule is Cn1ccc(C(N)c2cccc3cnccc23)n1. The molecular weight excluding hydrogens is 224 g/mol. The van der Waals surface area contributed by atoms with Crippen molar-refractivity contribution < 1.29 is 0 Å². The van der Waals surface area contributed by atoms with Crippen LogP contribution in [-0.4, -0.2) is 14.8 Å². The van der Waals surface area contributed by atoms with Gasteiger partial charge in [0.2, 0.25) is 0 Å². The number of nitrogens with two attached hydrogens (primary N) is 1. The molecule has 0 aliphatic heterocycles. The van der Waals surface area contributed by atoms with E-state index in [1.807, 2.05) is 49.8 Å². The van der Waals surface area contributed by atoms with Crippen molar-refractivity contribution in [1.82, 2.24) is 14.8 Å². The van der Waals surface area contributed by atoms with Crippen LogP contribution in [0.1, 0.15) is 17.3 Å². The van der Waals surface area contributed by atoms with Crippen LogP contribution in [0.3, 0.4) is 0 Å². The zero-order chi connectivity index (χ0) is 12.5. The molecule has 1 atom stereocenters. The summed E-state index contributed by atoms with van der Waals surface area (Å²) in [6.07, 6.45) is 5.54. The largest absolute Gasteiger partial charge is 0.319 e. The smallest absolute Gasteiger partial charge is 0.0837 e. The molecule has 0 amide bonds. The van der Waals surface area contributed by atoms with Gasteiger partial charge in [-0.1, -0.05) is 18.2 Å². The molecule has 90 valence electrons. The molecule has 0 spiro atoms. The van der Waals surface area contributed by atoms with Gasteiger partial charge in [0, 0.05) is 31.0 Å². The quantitative estimate of drug-likeness (QED) is 0.743. The van der Waals surface area contributed by atoms with Crippen LogP contribution >= 0.6 is 0 Å². The summed E-state index contributed by atoms with van der Waals surface area (Å²) in [4.78, 5) is 4.13. The highest BCUT2D eigenvalue weighted by atomic mass is 15.3. The zero-order valence-electron chi connectivity index (χ0n) is 10.1. The molecule has 0 saturated carbocycles. The predicted molar refractivity (Wildman–Crippen MR) is 71.0 cm³/mol. The molecule has 1 unspecified atom stereocenters. The Morgan fingerprint density at radius 2 is 2.11 bits per heavy atom. The van der Waals surface area contributed by atoms with E-state index in [1.165, 1.54) is 0 Å². The number of aryl methyl sites for hydroxylation is 1. The molecule has 0 radical (unpaired) electrons. The van der Waals surface area contributed by atoms with E-state index in [4.69, 9.17) is 5.73 Å². The normalized spacial score (nSPS) is 12.8. The van der Waals surface area contributed by atoms with Gasteiger partial charge in [-0.2, -0.15) is 5.10 Å². The standard InChI is InChI=1S/C14H14N4/c1-18-8-6-13(17-18)14(15)12-4-2-3-10-9-16-7-5-11(10)12/h2-9,14H,15H2,1H3. The van der Waals surface area contributed by atoms with Crippen LogP contribution in [0.4, 0.5) is 0 Å². The van der Waals surface area contributed by atoms with Crippen LogP contribution < -0.4 is 5.73 Å². The summed E-state index contributed by atoms with van der Waals surface area (Å²) < 4.78 is 1.77. The molecule has 0 aliphatic rings. The summed E-state index contributed by atoms with van der Waals surface area (Å²) in [6.45, 7) is 0. The second kappa shape index (κ2) is 4.23. The van der Waals surface area contributed by atoms with Gasteiger partial charge in [-0.15, -0.1) is 0 Å².